The van der Waals surface area contributed by atoms with E-state index in [1.807, 2.05) is 13.0 Å². The smallest absolute Gasteiger partial charge is 0.286 e. The van der Waals surface area contributed by atoms with Crippen molar-refractivity contribution in [3.63, 3.8) is 0 Å². The van der Waals surface area contributed by atoms with Crippen LogP contribution in [-0.2, 0) is 18.9 Å². The normalized spacial score (nSPS) is 13.3. The van der Waals surface area contributed by atoms with Gasteiger partial charge in [-0.2, -0.15) is 0 Å². The number of rotatable bonds is 21. The number of unbranched alkanes of at least 4 members (excludes halogenated alkanes) is 5. The van der Waals surface area contributed by atoms with Crippen LogP contribution in [0.4, 0.5) is 0 Å². The molecule has 0 bridgehead atoms. The third-order valence-electron chi connectivity index (χ3n) is 4.74. The topological polar surface area (TPSA) is 36.9 Å². The van der Waals surface area contributed by atoms with Gasteiger partial charge in [0.05, 0.1) is 32.7 Å². The Bertz CT molecular complexity index is 322. The fourth-order valence-corrected chi connectivity index (χ4v) is 3.26. The molecule has 0 rings (SSSR count). The molecule has 0 heterocycles. The fraction of sp³-hybridized carbons (Fsp3) is 0.917. The number of allylic oxidation sites excluding steroid dienone is 1. The van der Waals surface area contributed by atoms with Gasteiger partial charge < -0.3 is 18.9 Å². The van der Waals surface area contributed by atoms with E-state index in [0.717, 1.165) is 32.1 Å². The molecule has 0 saturated carbocycles. The van der Waals surface area contributed by atoms with Crippen molar-refractivity contribution in [3.8, 4) is 0 Å². The Kier molecular flexibility index (Phi) is 19.3. The standard InChI is InChI=1S/C24H48O4/c1-6-11-12-13-14-15-16-23(17-22-25-18-7-2)24(26-19-8-3,27-20-9-4)28-21-10-5/h7,18,23H,6,8-17,19-22H2,1-5H3. The second-order valence-corrected chi connectivity index (χ2v) is 7.53. The molecule has 0 aromatic rings. The van der Waals surface area contributed by atoms with Crippen LogP contribution >= 0.6 is 0 Å². The average Bonchev–Trinajstić information content (AvgIpc) is 2.72. The molecule has 1 atom stereocenters. The first-order valence-corrected chi connectivity index (χ1v) is 11.8. The van der Waals surface area contributed by atoms with Crippen LogP contribution in [0.1, 0.15) is 105 Å². The molecule has 0 radical (unpaired) electrons. The molecule has 168 valence electrons. The Morgan fingerprint density at radius 3 is 1.68 bits per heavy atom. The summed E-state index contributed by atoms with van der Waals surface area (Å²) in [6.07, 6.45) is 16.2. The molecule has 0 spiro atoms. The maximum absolute atomic E-state index is 6.28. The van der Waals surface area contributed by atoms with E-state index in [1.54, 1.807) is 6.26 Å². The molecule has 0 fully saturated rings. The molecular formula is C24H48O4. The first kappa shape index (κ1) is 27.4. The van der Waals surface area contributed by atoms with Gasteiger partial charge in [-0.15, -0.1) is 0 Å². The predicted octanol–water partition coefficient (Wildman–Crippen LogP) is 7.23. The molecular weight excluding hydrogens is 352 g/mol. The molecule has 0 aliphatic rings. The van der Waals surface area contributed by atoms with Crippen LogP contribution in [0, 0.1) is 5.92 Å². The highest BCUT2D eigenvalue weighted by atomic mass is 16.9. The van der Waals surface area contributed by atoms with E-state index in [0.29, 0.717) is 26.4 Å². The van der Waals surface area contributed by atoms with E-state index in [-0.39, 0.29) is 5.92 Å². The van der Waals surface area contributed by atoms with E-state index in [9.17, 15) is 0 Å². The quantitative estimate of drug-likeness (QED) is 0.116. The van der Waals surface area contributed by atoms with Crippen LogP contribution in [0.2, 0.25) is 0 Å². The lowest BCUT2D eigenvalue weighted by molar-refractivity contribution is -0.407. The highest BCUT2D eigenvalue weighted by molar-refractivity contribution is 4.74. The summed E-state index contributed by atoms with van der Waals surface area (Å²) >= 11 is 0. The van der Waals surface area contributed by atoms with E-state index in [2.05, 4.69) is 27.7 Å². The van der Waals surface area contributed by atoms with Gasteiger partial charge in [-0.25, -0.2) is 0 Å². The molecule has 0 amide bonds. The van der Waals surface area contributed by atoms with Gasteiger partial charge in [0.15, 0.2) is 0 Å². The minimum atomic E-state index is -0.940. The Morgan fingerprint density at radius 2 is 1.18 bits per heavy atom. The van der Waals surface area contributed by atoms with Gasteiger partial charge in [0.25, 0.3) is 5.97 Å². The Hall–Kier alpha value is -0.580. The van der Waals surface area contributed by atoms with Crippen molar-refractivity contribution in [2.75, 3.05) is 26.4 Å². The van der Waals surface area contributed by atoms with Gasteiger partial charge >= 0.3 is 0 Å². The summed E-state index contributed by atoms with van der Waals surface area (Å²) in [6.45, 7) is 13.2. The van der Waals surface area contributed by atoms with Crippen molar-refractivity contribution in [2.24, 2.45) is 5.92 Å². The van der Waals surface area contributed by atoms with Gasteiger partial charge in [-0.1, -0.05) is 72.3 Å². The zero-order valence-electron chi connectivity index (χ0n) is 19.5. The lowest BCUT2D eigenvalue weighted by Crippen LogP contribution is -2.47. The Labute approximate surface area is 175 Å². The monoisotopic (exact) mass is 400 g/mol. The molecule has 0 aliphatic heterocycles. The van der Waals surface area contributed by atoms with E-state index >= 15 is 0 Å². The third-order valence-corrected chi connectivity index (χ3v) is 4.74. The summed E-state index contributed by atoms with van der Waals surface area (Å²) in [6, 6.07) is 0. The van der Waals surface area contributed by atoms with Crippen LogP contribution in [0.15, 0.2) is 12.3 Å². The molecule has 28 heavy (non-hydrogen) atoms. The van der Waals surface area contributed by atoms with Gasteiger partial charge in [-0.05, 0) is 39.0 Å². The highest BCUT2D eigenvalue weighted by Crippen LogP contribution is 2.34. The van der Waals surface area contributed by atoms with Crippen LogP contribution in [0.5, 0.6) is 0 Å². The van der Waals surface area contributed by atoms with Gasteiger partial charge in [0.1, 0.15) is 0 Å². The molecule has 1 unspecified atom stereocenters. The van der Waals surface area contributed by atoms with Crippen LogP contribution in [0.25, 0.3) is 0 Å². The highest BCUT2D eigenvalue weighted by Gasteiger charge is 2.42. The summed E-state index contributed by atoms with van der Waals surface area (Å²) in [5.41, 5.74) is 0. The van der Waals surface area contributed by atoms with Crippen molar-refractivity contribution in [1.29, 1.82) is 0 Å². The van der Waals surface area contributed by atoms with E-state index in [4.69, 9.17) is 18.9 Å². The average molecular weight is 401 g/mol. The number of hydrogen-bond donors (Lipinski definition) is 0. The fourth-order valence-electron chi connectivity index (χ4n) is 3.26. The summed E-state index contributed by atoms with van der Waals surface area (Å²) in [7, 11) is 0. The van der Waals surface area contributed by atoms with Gasteiger partial charge in [0.2, 0.25) is 0 Å². The predicted molar refractivity (Wildman–Crippen MR) is 118 cm³/mol. The Balaban J connectivity index is 5.12. The molecule has 4 nitrogen and oxygen atoms in total. The van der Waals surface area contributed by atoms with Crippen LogP contribution in [-0.4, -0.2) is 32.4 Å². The zero-order chi connectivity index (χ0) is 20.9. The molecule has 0 aromatic carbocycles. The molecule has 0 aromatic heterocycles. The van der Waals surface area contributed by atoms with Crippen molar-refractivity contribution in [3.05, 3.63) is 12.3 Å². The molecule has 0 N–H and O–H groups in total. The third kappa shape index (κ3) is 12.8. The molecule has 0 saturated heterocycles. The second-order valence-electron chi connectivity index (χ2n) is 7.53. The second kappa shape index (κ2) is 19.7. The first-order valence-electron chi connectivity index (χ1n) is 11.8. The maximum Gasteiger partial charge on any atom is 0.286 e. The lowest BCUT2D eigenvalue weighted by Gasteiger charge is -2.39. The lowest BCUT2D eigenvalue weighted by atomic mass is 9.94. The largest absolute Gasteiger partial charge is 0.502 e. The van der Waals surface area contributed by atoms with Crippen LogP contribution in [0.3, 0.4) is 0 Å². The maximum atomic E-state index is 6.28. The van der Waals surface area contributed by atoms with Gasteiger partial charge in [0, 0.05) is 5.92 Å². The summed E-state index contributed by atoms with van der Waals surface area (Å²) in [5, 5.41) is 0. The van der Waals surface area contributed by atoms with E-state index in [1.165, 1.54) is 38.5 Å². The summed E-state index contributed by atoms with van der Waals surface area (Å²) < 4.78 is 24.5. The minimum absolute atomic E-state index is 0.175. The van der Waals surface area contributed by atoms with E-state index < -0.39 is 5.97 Å². The minimum Gasteiger partial charge on any atom is -0.502 e. The van der Waals surface area contributed by atoms with Crippen molar-refractivity contribution in [2.45, 2.75) is 111 Å². The van der Waals surface area contributed by atoms with Gasteiger partial charge in [-0.3, -0.25) is 0 Å². The first-order chi connectivity index (χ1) is 13.7. The Morgan fingerprint density at radius 1 is 0.643 bits per heavy atom. The zero-order valence-corrected chi connectivity index (χ0v) is 19.5. The summed E-state index contributed by atoms with van der Waals surface area (Å²) in [4.78, 5) is 0. The van der Waals surface area contributed by atoms with Crippen molar-refractivity contribution >= 4 is 0 Å². The molecule has 4 heteroatoms. The summed E-state index contributed by atoms with van der Waals surface area (Å²) in [5.74, 6) is -0.765. The number of hydrogen-bond acceptors (Lipinski definition) is 4. The van der Waals surface area contributed by atoms with Crippen molar-refractivity contribution in [1.82, 2.24) is 0 Å². The van der Waals surface area contributed by atoms with Crippen LogP contribution < -0.4 is 0 Å². The van der Waals surface area contributed by atoms with Crippen molar-refractivity contribution < 1.29 is 18.9 Å². The number of ether oxygens (including phenoxy) is 4. The molecule has 0 aliphatic carbocycles. The SMILES string of the molecule is CC=COCCC(CCCCCCCC)C(OCCC)(OCCC)OCCC.